The Labute approximate surface area is 109 Å². The number of aliphatic hydroxyl groups is 3. The minimum Gasteiger partial charge on any atom is -0.394 e. The van der Waals surface area contributed by atoms with Gasteiger partial charge >= 0.3 is 0 Å². The molecule has 0 aromatic rings. The quantitative estimate of drug-likeness (QED) is 0.486. The zero-order chi connectivity index (χ0) is 14.9. The maximum Gasteiger partial charge on any atom is 0.113 e. The van der Waals surface area contributed by atoms with Crippen LogP contribution >= 0.6 is 0 Å². The Bertz CT molecular complexity index is 418. The van der Waals surface area contributed by atoms with Gasteiger partial charge < -0.3 is 30.3 Å². The molecule has 1 fully saturated rings. The summed E-state index contributed by atoms with van der Waals surface area (Å²) in [7, 11) is 1.74. The van der Waals surface area contributed by atoms with E-state index in [1.54, 1.807) is 18.1 Å². The van der Waals surface area contributed by atoms with Crippen LogP contribution in [-0.2, 0) is 4.74 Å². The van der Waals surface area contributed by atoms with Gasteiger partial charge in [-0.1, -0.05) is 12.1 Å². The normalized spacial score (nSPS) is 42.2. The molecular formula is C12H20N2O4. The number of nitrogens with one attached hydrogen (secondary N) is 1. The highest BCUT2D eigenvalue weighted by atomic mass is 16.6. The van der Waals surface area contributed by atoms with Crippen LogP contribution in [0.15, 0.2) is 23.9 Å². The van der Waals surface area contributed by atoms with E-state index < -0.39 is 37.5 Å². The second kappa shape index (κ2) is 5.81. The van der Waals surface area contributed by atoms with Crippen molar-refractivity contribution in [3.05, 3.63) is 23.9 Å². The molecule has 0 aliphatic carbocycles. The van der Waals surface area contributed by atoms with Crippen molar-refractivity contribution in [2.45, 2.75) is 24.4 Å². The lowest BCUT2D eigenvalue weighted by molar-refractivity contribution is -0.0137. The molecule has 6 heteroatoms. The number of ether oxygens (including phenoxy) is 1. The molecule has 0 radical (unpaired) electrons. The Kier molecular flexibility index (Phi) is 3.54. The van der Waals surface area contributed by atoms with Crippen LogP contribution in [0.1, 0.15) is 2.74 Å². The summed E-state index contributed by atoms with van der Waals surface area (Å²) in [6, 6.07) is 0.0900. The summed E-state index contributed by atoms with van der Waals surface area (Å²) < 4.78 is 21.2. The topological polar surface area (TPSA) is 85.2 Å². The molecule has 6 nitrogen and oxygen atoms in total. The summed E-state index contributed by atoms with van der Waals surface area (Å²) in [5.74, 6) is 0. The lowest BCUT2D eigenvalue weighted by Gasteiger charge is -2.26. The molecule has 0 aromatic heterocycles. The van der Waals surface area contributed by atoms with E-state index in [1.807, 2.05) is 0 Å². The minimum absolute atomic E-state index is 0.0900. The Morgan fingerprint density at radius 3 is 3.00 bits per heavy atom. The molecule has 102 valence electrons. The van der Waals surface area contributed by atoms with Crippen molar-refractivity contribution < 1.29 is 22.8 Å². The molecule has 0 aromatic carbocycles. The first-order chi connectivity index (χ1) is 9.49. The maximum atomic E-state index is 9.99. The fraction of sp³-hybridized carbons (Fsp3) is 0.667. The molecule has 18 heavy (non-hydrogen) atoms. The number of hydrogen-bond acceptors (Lipinski definition) is 6. The Hall–Kier alpha value is -0.920. The highest BCUT2D eigenvalue weighted by Gasteiger charge is 2.43. The third-order valence-electron chi connectivity index (χ3n) is 3.01. The smallest absolute Gasteiger partial charge is 0.113 e. The lowest BCUT2D eigenvalue weighted by atomic mass is 10.0. The molecule has 1 saturated heterocycles. The zero-order valence-electron chi connectivity index (χ0n) is 12.2. The van der Waals surface area contributed by atoms with Crippen LogP contribution in [0.3, 0.4) is 0 Å². The van der Waals surface area contributed by atoms with E-state index in [1.165, 1.54) is 6.08 Å². The molecule has 2 heterocycles. The molecule has 2 rings (SSSR count). The average Bonchev–Trinajstić information content (AvgIpc) is 2.70. The van der Waals surface area contributed by atoms with Crippen LogP contribution in [-0.4, -0.2) is 71.5 Å². The third-order valence-corrected chi connectivity index (χ3v) is 3.01. The monoisotopic (exact) mass is 258 g/mol. The minimum atomic E-state index is -1.20. The second-order valence-corrected chi connectivity index (χ2v) is 4.33. The van der Waals surface area contributed by atoms with Gasteiger partial charge in [0.15, 0.2) is 0 Å². The fourth-order valence-electron chi connectivity index (χ4n) is 2.08. The Balaban J connectivity index is 2.22. The van der Waals surface area contributed by atoms with Crippen LogP contribution in [0.2, 0.25) is 0 Å². The van der Waals surface area contributed by atoms with Crippen molar-refractivity contribution >= 4 is 0 Å². The SMILES string of the molecule is [2H]C1=CC([2H])N(CNC)C=C1[C@@H]1O[C@H](CO)[C@@H](O)[C@H]1O. The molecule has 5 atom stereocenters. The first kappa shape index (κ1) is 11.0. The van der Waals surface area contributed by atoms with Crippen molar-refractivity contribution in [3.8, 4) is 0 Å². The number of nitrogens with zero attached hydrogens (tertiary/aromatic N) is 1. The molecule has 4 N–H and O–H groups in total. The van der Waals surface area contributed by atoms with Crippen molar-refractivity contribution in [1.82, 2.24) is 10.2 Å². The van der Waals surface area contributed by atoms with Gasteiger partial charge in [0.2, 0.25) is 0 Å². The van der Waals surface area contributed by atoms with Crippen LogP contribution < -0.4 is 5.32 Å². The first-order valence-corrected chi connectivity index (χ1v) is 5.85. The molecule has 1 unspecified atom stereocenters. The summed E-state index contributed by atoms with van der Waals surface area (Å²) in [6.45, 7) is -0.674. The largest absolute Gasteiger partial charge is 0.394 e. The van der Waals surface area contributed by atoms with Crippen molar-refractivity contribution in [1.29, 1.82) is 0 Å². The Morgan fingerprint density at radius 2 is 2.39 bits per heavy atom. The number of hydrogen-bond donors (Lipinski definition) is 4. The summed E-state index contributed by atoms with van der Waals surface area (Å²) in [4.78, 5) is 1.64. The van der Waals surface area contributed by atoms with Gasteiger partial charge in [-0.3, -0.25) is 0 Å². The third kappa shape index (κ3) is 2.57. The van der Waals surface area contributed by atoms with Crippen molar-refractivity contribution in [2.24, 2.45) is 0 Å². The number of aliphatic hydroxyl groups excluding tert-OH is 3. The van der Waals surface area contributed by atoms with E-state index in [0.717, 1.165) is 0 Å². The second-order valence-electron chi connectivity index (χ2n) is 4.33. The fourth-order valence-corrected chi connectivity index (χ4v) is 2.08. The average molecular weight is 258 g/mol. The van der Waals surface area contributed by atoms with Crippen molar-refractivity contribution in [2.75, 3.05) is 26.8 Å². The van der Waals surface area contributed by atoms with E-state index >= 15 is 0 Å². The van der Waals surface area contributed by atoms with Gasteiger partial charge in [-0.05, 0) is 12.6 Å². The summed E-state index contributed by atoms with van der Waals surface area (Å²) in [6.07, 6.45) is -1.12. The molecule has 0 spiro atoms. The highest BCUT2D eigenvalue weighted by molar-refractivity contribution is 5.29. The highest BCUT2D eigenvalue weighted by Crippen LogP contribution is 2.28. The van der Waals surface area contributed by atoms with Crippen LogP contribution in [0.4, 0.5) is 0 Å². The number of rotatable bonds is 4. The van der Waals surface area contributed by atoms with Crippen molar-refractivity contribution in [3.63, 3.8) is 0 Å². The lowest BCUT2D eigenvalue weighted by Crippen LogP contribution is -2.36. The summed E-state index contributed by atoms with van der Waals surface area (Å²) >= 11 is 0. The predicted molar refractivity (Wildman–Crippen MR) is 65.6 cm³/mol. The van der Waals surface area contributed by atoms with E-state index in [4.69, 9.17) is 12.6 Å². The van der Waals surface area contributed by atoms with Gasteiger partial charge in [0.05, 0.1) is 16.0 Å². The van der Waals surface area contributed by atoms with Crippen LogP contribution in [0, 0.1) is 0 Å². The first-order valence-electron chi connectivity index (χ1n) is 6.93. The maximum absolute atomic E-state index is 9.99. The molecule has 0 amide bonds. The Morgan fingerprint density at radius 1 is 1.61 bits per heavy atom. The predicted octanol–water partition coefficient (Wildman–Crippen LogP) is -1.60. The van der Waals surface area contributed by atoms with Gasteiger partial charge in [-0.25, -0.2) is 0 Å². The van der Waals surface area contributed by atoms with Gasteiger partial charge in [-0.15, -0.1) is 0 Å². The van der Waals surface area contributed by atoms with Crippen LogP contribution in [0.5, 0.6) is 0 Å². The van der Waals surface area contributed by atoms with Gasteiger partial charge in [0, 0.05) is 12.7 Å². The van der Waals surface area contributed by atoms with E-state index in [-0.39, 0.29) is 6.05 Å². The van der Waals surface area contributed by atoms with Crippen LogP contribution in [0.25, 0.3) is 0 Å². The zero-order valence-corrected chi connectivity index (χ0v) is 10.2. The van der Waals surface area contributed by atoms with E-state index in [9.17, 15) is 10.2 Å². The molecule has 0 bridgehead atoms. The molecular weight excluding hydrogens is 236 g/mol. The summed E-state index contributed by atoms with van der Waals surface area (Å²) in [5, 5.41) is 31.8. The molecule has 2 aliphatic heterocycles. The van der Waals surface area contributed by atoms with Gasteiger partial charge in [-0.2, -0.15) is 0 Å². The van der Waals surface area contributed by atoms with Gasteiger partial charge in [0.1, 0.15) is 24.4 Å². The van der Waals surface area contributed by atoms with E-state index in [0.29, 0.717) is 12.2 Å². The summed E-state index contributed by atoms with van der Waals surface area (Å²) in [5.41, 5.74) is 0.395. The molecule has 2 aliphatic rings. The van der Waals surface area contributed by atoms with Gasteiger partial charge in [0.25, 0.3) is 0 Å². The molecule has 0 saturated carbocycles. The van der Waals surface area contributed by atoms with E-state index in [2.05, 4.69) is 5.32 Å². The standard InChI is InChI=1S/C12H20N2O4/c1-13-7-14-4-2-3-8(5-14)12-11(17)10(16)9(6-15)18-12/h2-3,5,9-13,15-17H,4,6-7H2,1H3/t9-,10-,11-,12+/m1/s1/i3D,4D/t4?,9-,10-,11-,12+.